The van der Waals surface area contributed by atoms with Crippen molar-refractivity contribution >= 4 is 11.7 Å². The molecule has 0 aliphatic heterocycles. The number of amides is 1. The minimum absolute atomic E-state index is 0.139. The zero-order chi connectivity index (χ0) is 16.0. The lowest BCUT2D eigenvalue weighted by Crippen LogP contribution is -2.44. The minimum Gasteiger partial charge on any atom is -0.409 e. The van der Waals surface area contributed by atoms with Gasteiger partial charge >= 0.3 is 6.18 Å². The molecule has 8 heteroatoms. The number of alkyl halides is 3. The number of hydrogen-bond acceptors (Lipinski definition) is 3. The Hall–Kier alpha value is -2.25. The third kappa shape index (κ3) is 4.66. The summed E-state index contributed by atoms with van der Waals surface area (Å²) in [4.78, 5) is 12.9. The van der Waals surface area contributed by atoms with Gasteiger partial charge in [0.15, 0.2) is 5.84 Å². The average Bonchev–Trinajstić information content (AvgIpc) is 2.44. The number of amidine groups is 1. The second-order valence-corrected chi connectivity index (χ2v) is 4.34. The van der Waals surface area contributed by atoms with E-state index in [2.05, 4.69) is 5.16 Å². The number of nitrogens with zero attached hydrogens (tertiary/aromatic N) is 2. The Morgan fingerprint density at radius 2 is 1.95 bits per heavy atom. The molecule has 1 rings (SSSR count). The standard InChI is InChI=1S/C13H16F3N3O2/c1-2-19(8-13(14,15)16)12(20)10(11(17)18-21)9-6-4-3-5-7-9/h3-7,10,21H,2,8H2,1H3,(H2,17,18). The molecule has 0 saturated carbocycles. The van der Waals surface area contributed by atoms with E-state index in [0.29, 0.717) is 10.5 Å². The Balaban J connectivity index is 3.11. The number of hydrogen-bond donors (Lipinski definition) is 2. The van der Waals surface area contributed by atoms with E-state index < -0.39 is 30.4 Å². The molecular formula is C13H16F3N3O2. The number of rotatable bonds is 5. The van der Waals surface area contributed by atoms with E-state index in [4.69, 9.17) is 10.9 Å². The van der Waals surface area contributed by atoms with Crippen LogP contribution in [0, 0.1) is 0 Å². The fraction of sp³-hybridized carbons (Fsp3) is 0.385. The van der Waals surface area contributed by atoms with Gasteiger partial charge in [0, 0.05) is 6.54 Å². The summed E-state index contributed by atoms with van der Waals surface area (Å²) in [5.74, 6) is -2.57. The summed E-state index contributed by atoms with van der Waals surface area (Å²) in [7, 11) is 0. The third-order valence-electron chi connectivity index (χ3n) is 2.85. The number of benzene rings is 1. The summed E-state index contributed by atoms with van der Waals surface area (Å²) in [5, 5.41) is 11.5. The maximum Gasteiger partial charge on any atom is 0.406 e. The van der Waals surface area contributed by atoms with E-state index in [1.54, 1.807) is 18.2 Å². The second kappa shape index (κ2) is 6.96. The van der Waals surface area contributed by atoms with Crippen LogP contribution in [0.4, 0.5) is 13.2 Å². The Kier molecular flexibility index (Phi) is 5.57. The molecule has 1 aromatic rings. The van der Waals surface area contributed by atoms with Gasteiger partial charge in [-0.2, -0.15) is 13.2 Å². The maximum absolute atomic E-state index is 12.5. The van der Waals surface area contributed by atoms with Crippen LogP contribution in [0.1, 0.15) is 18.4 Å². The van der Waals surface area contributed by atoms with Gasteiger partial charge in [-0.05, 0) is 12.5 Å². The van der Waals surface area contributed by atoms with Crippen molar-refractivity contribution in [3.63, 3.8) is 0 Å². The van der Waals surface area contributed by atoms with E-state index in [0.717, 1.165) is 0 Å². The molecule has 1 aromatic carbocycles. The molecule has 1 atom stereocenters. The summed E-state index contributed by atoms with van der Waals surface area (Å²) in [6.07, 6.45) is -4.52. The Labute approximate surface area is 119 Å². The molecule has 0 radical (unpaired) electrons. The number of oxime groups is 1. The summed E-state index contributed by atoms with van der Waals surface area (Å²) in [6.45, 7) is -0.0945. The van der Waals surface area contributed by atoms with Gasteiger partial charge < -0.3 is 15.8 Å². The first-order valence-corrected chi connectivity index (χ1v) is 6.18. The van der Waals surface area contributed by atoms with Crippen LogP contribution in [0.3, 0.4) is 0 Å². The molecule has 5 nitrogen and oxygen atoms in total. The molecule has 0 saturated heterocycles. The number of likely N-dealkylation sites (N-methyl/N-ethyl adjacent to an activating group) is 1. The van der Waals surface area contributed by atoms with Crippen molar-refractivity contribution in [1.82, 2.24) is 4.90 Å². The highest BCUT2D eigenvalue weighted by molar-refractivity contribution is 6.07. The highest BCUT2D eigenvalue weighted by Gasteiger charge is 2.36. The summed E-state index contributed by atoms with van der Waals surface area (Å²) in [5.41, 5.74) is 5.84. The zero-order valence-electron chi connectivity index (χ0n) is 11.3. The third-order valence-corrected chi connectivity index (χ3v) is 2.85. The molecule has 116 valence electrons. The largest absolute Gasteiger partial charge is 0.409 e. The molecule has 21 heavy (non-hydrogen) atoms. The highest BCUT2D eigenvalue weighted by atomic mass is 19.4. The van der Waals surface area contributed by atoms with Crippen molar-refractivity contribution in [2.45, 2.75) is 19.0 Å². The predicted molar refractivity (Wildman–Crippen MR) is 70.9 cm³/mol. The predicted octanol–water partition coefficient (Wildman–Crippen LogP) is 1.93. The molecule has 1 amide bonds. The van der Waals surface area contributed by atoms with Gasteiger partial charge in [-0.15, -0.1) is 0 Å². The van der Waals surface area contributed by atoms with Gasteiger partial charge in [0.2, 0.25) is 5.91 Å². The van der Waals surface area contributed by atoms with Crippen LogP contribution in [-0.2, 0) is 4.79 Å². The molecule has 0 aromatic heterocycles. The van der Waals surface area contributed by atoms with Crippen LogP contribution in [0.15, 0.2) is 35.5 Å². The Morgan fingerprint density at radius 1 is 1.38 bits per heavy atom. The number of nitrogens with two attached hydrogens (primary N) is 1. The van der Waals surface area contributed by atoms with Crippen molar-refractivity contribution in [2.75, 3.05) is 13.1 Å². The van der Waals surface area contributed by atoms with Gasteiger partial charge in [0.1, 0.15) is 12.5 Å². The summed E-state index contributed by atoms with van der Waals surface area (Å²) >= 11 is 0. The fourth-order valence-corrected chi connectivity index (χ4v) is 1.89. The maximum atomic E-state index is 12.5. The molecule has 0 spiro atoms. The topological polar surface area (TPSA) is 78.9 Å². The lowest BCUT2D eigenvalue weighted by Gasteiger charge is -2.26. The summed E-state index contributed by atoms with van der Waals surface area (Å²) in [6, 6.07) is 7.97. The molecular weight excluding hydrogens is 287 g/mol. The van der Waals surface area contributed by atoms with Gasteiger partial charge in [0.25, 0.3) is 0 Å². The first kappa shape index (κ1) is 16.8. The van der Waals surface area contributed by atoms with Crippen LogP contribution in [0.5, 0.6) is 0 Å². The lowest BCUT2D eigenvalue weighted by atomic mass is 9.96. The normalized spacial score (nSPS) is 13.8. The molecule has 3 N–H and O–H groups in total. The minimum atomic E-state index is -4.52. The van der Waals surface area contributed by atoms with Crippen LogP contribution >= 0.6 is 0 Å². The van der Waals surface area contributed by atoms with Crippen molar-refractivity contribution in [2.24, 2.45) is 10.9 Å². The number of carbonyl (C=O) groups is 1. The molecule has 0 bridgehead atoms. The van der Waals surface area contributed by atoms with Gasteiger partial charge in [-0.1, -0.05) is 35.5 Å². The van der Waals surface area contributed by atoms with E-state index in [1.807, 2.05) is 0 Å². The Bertz CT molecular complexity index is 503. The van der Waals surface area contributed by atoms with Crippen molar-refractivity contribution < 1.29 is 23.2 Å². The SMILES string of the molecule is CCN(CC(F)(F)F)C(=O)C(C(N)=NO)c1ccccc1. The molecule has 0 aliphatic rings. The second-order valence-electron chi connectivity index (χ2n) is 4.34. The fourth-order valence-electron chi connectivity index (χ4n) is 1.89. The first-order chi connectivity index (χ1) is 9.80. The van der Waals surface area contributed by atoms with Crippen molar-refractivity contribution in [3.05, 3.63) is 35.9 Å². The molecule has 0 aliphatic carbocycles. The highest BCUT2D eigenvalue weighted by Crippen LogP contribution is 2.22. The molecule has 1 unspecified atom stereocenters. The zero-order valence-corrected chi connectivity index (χ0v) is 11.3. The van der Waals surface area contributed by atoms with Crippen molar-refractivity contribution in [3.8, 4) is 0 Å². The van der Waals surface area contributed by atoms with Crippen LogP contribution in [0.2, 0.25) is 0 Å². The van der Waals surface area contributed by atoms with Crippen molar-refractivity contribution in [1.29, 1.82) is 0 Å². The first-order valence-electron chi connectivity index (χ1n) is 6.18. The molecule has 0 fully saturated rings. The van der Waals surface area contributed by atoms with Crippen LogP contribution in [0.25, 0.3) is 0 Å². The monoisotopic (exact) mass is 303 g/mol. The number of carbonyl (C=O) groups excluding carboxylic acids is 1. The summed E-state index contributed by atoms with van der Waals surface area (Å²) < 4.78 is 37.5. The molecule has 0 heterocycles. The van der Waals surface area contributed by atoms with Gasteiger partial charge in [-0.3, -0.25) is 4.79 Å². The van der Waals surface area contributed by atoms with Gasteiger partial charge in [-0.25, -0.2) is 0 Å². The Morgan fingerprint density at radius 3 is 2.38 bits per heavy atom. The lowest BCUT2D eigenvalue weighted by molar-refractivity contribution is -0.160. The quantitative estimate of drug-likeness (QED) is 0.377. The smallest absolute Gasteiger partial charge is 0.406 e. The van der Waals surface area contributed by atoms with Gasteiger partial charge in [0.05, 0.1) is 0 Å². The van der Waals surface area contributed by atoms with E-state index in [-0.39, 0.29) is 6.54 Å². The van der Waals surface area contributed by atoms with E-state index in [9.17, 15) is 18.0 Å². The van der Waals surface area contributed by atoms with E-state index >= 15 is 0 Å². The number of halogens is 3. The van der Waals surface area contributed by atoms with E-state index in [1.165, 1.54) is 19.1 Å². The van der Waals surface area contributed by atoms with Crippen LogP contribution in [-0.4, -0.2) is 41.1 Å². The average molecular weight is 303 g/mol. The van der Waals surface area contributed by atoms with Crippen LogP contribution < -0.4 is 5.73 Å².